The average Bonchev–Trinajstić information content (AvgIpc) is 2.32. The van der Waals surface area contributed by atoms with E-state index in [1.807, 2.05) is 18.3 Å². The van der Waals surface area contributed by atoms with E-state index in [0.717, 1.165) is 18.7 Å². The summed E-state index contributed by atoms with van der Waals surface area (Å²) >= 11 is 0. The Labute approximate surface area is 100 Å². The molecule has 0 aliphatic carbocycles. The molecule has 0 bridgehead atoms. The molecule has 1 saturated heterocycles. The summed E-state index contributed by atoms with van der Waals surface area (Å²) in [6, 6.07) is 3.85. The van der Waals surface area contributed by atoms with E-state index >= 15 is 0 Å². The lowest BCUT2D eigenvalue weighted by atomic mass is 10.1. The van der Waals surface area contributed by atoms with Crippen molar-refractivity contribution in [3.05, 3.63) is 30.1 Å². The van der Waals surface area contributed by atoms with Crippen LogP contribution in [0.15, 0.2) is 24.5 Å². The normalized spacial score (nSPS) is 21.3. The van der Waals surface area contributed by atoms with Gasteiger partial charge in [0.2, 0.25) is 0 Å². The first-order valence-corrected chi connectivity index (χ1v) is 5.68. The van der Waals surface area contributed by atoms with E-state index in [2.05, 4.69) is 9.88 Å². The summed E-state index contributed by atoms with van der Waals surface area (Å²) in [7, 11) is 0. The van der Waals surface area contributed by atoms with E-state index < -0.39 is 5.97 Å². The Balaban J connectivity index is 1.99. The van der Waals surface area contributed by atoms with E-state index in [0.29, 0.717) is 13.2 Å². The highest BCUT2D eigenvalue weighted by molar-refractivity contribution is 5.67. The first-order valence-electron chi connectivity index (χ1n) is 5.68. The molecular formula is C12H16N2O3. The summed E-state index contributed by atoms with van der Waals surface area (Å²) in [5, 5.41) is 8.86. The Kier molecular flexibility index (Phi) is 4.06. The molecule has 1 aromatic heterocycles. The Morgan fingerprint density at radius 3 is 3.24 bits per heavy atom. The minimum absolute atomic E-state index is 0.0403. The number of nitrogens with zero attached hydrogens (tertiary/aromatic N) is 2. The number of hydrogen-bond donors (Lipinski definition) is 1. The lowest BCUT2D eigenvalue weighted by Gasteiger charge is -2.34. The number of carboxylic acid groups (broad SMARTS) is 1. The van der Waals surface area contributed by atoms with Gasteiger partial charge in [-0.25, -0.2) is 0 Å². The van der Waals surface area contributed by atoms with Crippen molar-refractivity contribution in [2.75, 3.05) is 19.8 Å². The molecule has 5 heteroatoms. The van der Waals surface area contributed by atoms with Gasteiger partial charge in [-0.3, -0.25) is 14.7 Å². The Morgan fingerprint density at radius 2 is 2.53 bits per heavy atom. The van der Waals surface area contributed by atoms with Crippen molar-refractivity contribution in [2.45, 2.75) is 19.0 Å². The van der Waals surface area contributed by atoms with Gasteiger partial charge < -0.3 is 9.84 Å². The zero-order valence-corrected chi connectivity index (χ0v) is 9.58. The molecule has 0 saturated carbocycles. The number of ether oxygens (including phenoxy) is 1. The second-order valence-corrected chi connectivity index (χ2v) is 4.16. The first-order chi connectivity index (χ1) is 8.25. The highest BCUT2D eigenvalue weighted by Gasteiger charge is 2.25. The monoisotopic (exact) mass is 236 g/mol. The average molecular weight is 236 g/mol. The predicted octanol–water partition coefficient (Wildman–Crippen LogP) is 0.757. The van der Waals surface area contributed by atoms with Gasteiger partial charge in [0.25, 0.3) is 0 Å². The van der Waals surface area contributed by atoms with Gasteiger partial charge in [-0.05, 0) is 11.6 Å². The van der Waals surface area contributed by atoms with Crippen molar-refractivity contribution in [1.82, 2.24) is 9.88 Å². The van der Waals surface area contributed by atoms with Gasteiger partial charge in [0.15, 0.2) is 0 Å². The van der Waals surface area contributed by atoms with Crippen molar-refractivity contribution < 1.29 is 14.6 Å². The topological polar surface area (TPSA) is 62.7 Å². The molecule has 5 nitrogen and oxygen atoms in total. The van der Waals surface area contributed by atoms with Crippen LogP contribution in [0.1, 0.15) is 12.0 Å². The molecule has 1 aliphatic heterocycles. The maximum Gasteiger partial charge on any atom is 0.305 e. The lowest BCUT2D eigenvalue weighted by molar-refractivity contribution is -0.140. The molecule has 2 rings (SSSR count). The second kappa shape index (κ2) is 5.75. The van der Waals surface area contributed by atoms with E-state index in [-0.39, 0.29) is 12.5 Å². The van der Waals surface area contributed by atoms with Crippen molar-refractivity contribution in [1.29, 1.82) is 0 Å². The number of rotatable bonds is 4. The maximum atomic E-state index is 10.8. The van der Waals surface area contributed by atoms with Crippen molar-refractivity contribution in [3.8, 4) is 0 Å². The highest BCUT2D eigenvalue weighted by atomic mass is 16.5. The first kappa shape index (κ1) is 12.0. The van der Waals surface area contributed by atoms with Gasteiger partial charge in [-0.1, -0.05) is 6.07 Å². The van der Waals surface area contributed by atoms with Crippen LogP contribution in [-0.2, 0) is 16.1 Å². The number of aliphatic carboxylic acids is 1. The van der Waals surface area contributed by atoms with E-state index in [4.69, 9.17) is 9.84 Å². The number of hydrogen-bond acceptors (Lipinski definition) is 4. The van der Waals surface area contributed by atoms with Crippen LogP contribution in [0.5, 0.6) is 0 Å². The third kappa shape index (κ3) is 3.51. The molecule has 92 valence electrons. The molecule has 2 heterocycles. The van der Waals surface area contributed by atoms with Crippen LogP contribution in [0.2, 0.25) is 0 Å². The highest BCUT2D eigenvalue weighted by Crippen LogP contribution is 2.14. The molecule has 1 aliphatic rings. The van der Waals surface area contributed by atoms with Gasteiger partial charge in [-0.15, -0.1) is 0 Å². The quantitative estimate of drug-likeness (QED) is 0.836. The molecule has 17 heavy (non-hydrogen) atoms. The van der Waals surface area contributed by atoms with Crippen LogP contribution in [0.3, 0.4) is 0 Å². The van der Waals surface area contributed by atoms with E-state index in [1.54, 1.807) is 6.20 Å². The van der Waals surface area contributed by atoms with Crippen LogP contribution < -0.4 is 0 Å². The van der Waals surface area contributed by atoms with E-state index in [9.17, 15) is 4.79 Å². The summed E-state index contributed by atoms with van der Waals surface area (Å²) in [5.41, 5.74) is 1.10. The van der Waals surface area contributed by atoms with Crippen LogP contribution in [0.4, 0.5) is 0 Å². The number of carbonyl (C=O) groups is 1. The number of carboxylic acids is 1. The molecule has 0 spiro atoms. The van der Waals surface area contributed by atoms with Gasteiger partial charge in [0.05, 0.1) is 19.6 Å². The summed E-state index contributed by atoms with van der Waals surface area (Å²) in [6.45, 7) is 2.66. The Hall–Kier alpha value is -1.46. The summed E-state index contributed by atoms with van der Waals surface area (Å²) in [6.07, 6.45) is 3.67. The minimum atomic E-state index is -0.781. The molecule has 0 amide bonds. The van der Waals surface area contributed by atoms with Gasteiger partial charge >= 0.3 is 5.97 Å². The fourth-order valence-electron chi connectivity index (χ4n) is 2.01. The van der Waals surface area contributed by atoms with Crippen molar-refractivity contribution >= 4 is 5.97 Å². The molecule has 1 unspecified atom stereocenters. The molecular weight excluding hydrogens is 220 g/mol. The summed E-state index contributed by atoms with van der Waals surface area (Å²) in [4.78, 5) is 17.0. The van der Waals surface area contributed by atoms with Crippen LogP contribution in [0, 0.1) is 0 Å². The van der Waals surface area contributed by atoms with Gasteiger partial charge in [0.1, 0.15) is 0 Å². The zero-order chi connectivity index (χ0) is 12.1. The number of morpholine rings is 1. The second-order valence-electron chi connectivity index (χ2n) is 4.16. The van der Waals surface area contributed by atoms with Crippen molar-refractivity contribution in [3.63, 3.8) is 0 Å². The number of pyridine rings is 1. The Morgan fingerprint density at radius 1 is 1.65 bits per heavy atom. The third-order valence-corrected chi connectivity index (χ3v) is 2.87. The van der Waals surface area contributed by atoms with Crippen LogP contribution in [-0.4, -0.2) is 46.8 Å². The van der Waals surface area contributed by atoms with Crippen LogP contribution >= 0.6 is 0 Å². The fourth-order valence-corrected chi connectivity index (χ4v) is 2.01. The minimum Gasteiger partial charge on any atom is -0.481 e. The predicted molar refractivity (Wildman–Crippen MR) is 61.5 cm³/mol. The largest absolute Gasteiger partial charge is 0.481 e. The maximum absolute atomic E-state index is 10.8. The standard InChI is InChI=1S/C12H16N2O3/c15-12(16)6-11-9-17-5-4-14(11)8-10-2-1-3-13-7-10/h1-3,7,11H,4-6,8-9H2,(H,15,16). The smallest absolute Gasteiger partial charge is 0.305 e. The van der Waals surface area contributed by atoms with Crippen molar-refractivity contribution in [2.24, 2.45) is 0 Å². The van der Waals surface area contributed by atoms with Crippen LogP contribution in [0.25, 0.3) is 0 Å². The SMILES string of the molecule is O=C(O)CC1COCCN1Cc1cccnc1. The zero-order valence-electron chi connectivity index (χ0n) is 9.58. The van der Waals surface area contributed by atoms with E-state index in [1.165, 1.54) is 0 Å². The third-order valence-electron chi connectivity index (χ3n) is 2.87. The van der Waals surface area contributed by atoms with Gasteiger partial charge in [-0.2, -0.15) is 0 Å². The molecule has 0 radical (unpaired) electrons. The molecule has 1 fully saturated rings. The number of aromatic nitrogens is 1. The molecule has 1 aromatic rings. The summed E-state index contributed by atoms with van der Waals surface area (Å²) < 4.78 is 5.33. The fraction of sp³-hybridized carbons (Fsp3) is 0.500. The molecule has 1 atom stereocenters. The Bertz CT molecular complexity index is 369. The molecule has 1 N–H and O–H groups in total. The lowest BCUT2D eigenvalue weighted by Crippen LogP contribution is -2.45. The molecule has 0 aromatic carbocycles. The summed E-state index contributed by atoms with van der Waals surface area (Å²) in [5.74, 6) is -0.781. The van der Waals surface area contributed by atoms with Gasteiger partial charge in [0, 0.05) is 31.5 Å².